The van der Waals surface area contributed by atoms with Gasteiger partial charge in [0.05, 0.1) is 4.92 Å². The van der Waals surface area contributed by atoms with Gasteiger partial charge in [-0.3, -0.25) is 14.9 Å². The first-order valence-corrected chi connectivity index (χ1v) is 5.40. The molecule has 0 atom stereocenters. The van der Waals surface area contributed by atoms with Gasteiger partial charge >= 0.3 is 0 Å². The maximum absolute atomic E-state index is 11.6. The van der Waals surface area contributed by atoms with Crippen LogP contribution in [-0.4, -0.2) is 23.9 Å². The van der Waals surface area contributed by atoms with Gasteiger partial charge in [-0.2, -0.15) is 0 Å². The van der Waals surface area contributed by atoms with E-state index in [0.717, 1.165) is 0 Å². The van der Waals surface area contributed by atoms with E-state index >= 15 is 0 Å². The molecule has 2 N–H and O–H groups in total. The Bertz CT molecular complexity index is 432. The van der Waals surface area contributed by atoms with Crippen molar-refractivity contribution in [3.05, 3.63) is 33.9 Å². The lowest BCUT2D eigenvalue weighted by molar-refractivity contribution is -0.384. The topological polar surface area (TPSA) is 84.3 Å². The van der Waals surface area contributed by atoms with E-state index in [2.05, 4.69) is 10.6 Å². The highest BCUT2D eigenvalue weighted by Gasteiger charge is 2.15. The van der Waals surface area contributed by atoms with E-state index in [1.807, 2.05) is 13.8 Å². The van der Waals surface area contributed by atoms with Gasteiger partial charge in [-0.15, -0.1) is 0 Å². The van der Waals surface area contributed by atoms with Crippen molar-refractivity contribution in [2.75, 3.05) is 18.4 Å². The van der Waals surface area contributed by atoms with E-state index in [0.29, 0.717) is 24.3 Å². The first kappa shape index (κ1) is 13.0. The highest BCUT2D eigenvalue weighted by atomic mass is 16.6. The SMILES string of the molecule is CCNC(=O)c1ccc([N+](=O)[O-])c(NCC)c1. The summed E-state index contributed by atoms with van der Waals surface area (Å²) in [6.07, 6.45) is 0. The molecule has 6 nitrogen and oxygen atoms in total. The van der Waals surface area contributed by atoms with Crippen LogP contribution in [0.3, 0.4) is 0 Å². The lowest BCUT2D eigenvalue weighted by atomic mass is 10.1. The van der Waals surface area contributed by atoms with E-state index in [-0.39, 0.29) is 11.6 Å². The maximum atomic E-state index is 11.6. The first-order valence-electron chi connectivity index (χ1n) is 5.40. The molecule has 6 heteroatoms. The van der Waals surface area contributed by atoms with Gasteiger partial charge in [0.25, 0.3) is 11.6 Å². The summed E-state index contributed by atoms with van der Waals surface area (Å²) in [6, 6.07) is 4.28. The second-order valence-electron chi connectivity index (χ2n) is 3.38. The smallest absolute Gasteiger partial charge is 0.292 e. The normalized spacial score (nSPS) is 9.76. The van der Waals surface area contributed by atoms with Crippen LogP contribution >= 0.6 is 0 Å². The van der Waals surface area contributed by atoms with Gasteiger partial charge in [0, 0.05) is 24.7 Å². The number of anilines is 1. The third kappa shape index (κ3) is 3.17. The molecule has 92 valence electrons. The average molecular weight is 237 g/mol. The standard InChI is InChI=1S/C11H15N3O3/c1-3-12-9-7-8(11(15)13-4-2)5-6-10(9)14(16)17/h5-7,12H,3-4H2,1-2H3,(H,13,15). The number of rotatable bonds is 5. The van der Waals surface area contributed by atoms with E-state index in [4.69, 9.17) is 0 Å². The van der Waals surface area contributed by atoms with Crippen LogP contribution in [0.25, 0.3) is 0 Å². The second kappa shape index (κ2) is 5.83. The van der Waals surface area contributed by atoms with Gasteiger partial charge in [0.2, 0.25) is 0 Å². The third-order valence-electron chi connectivity index (χ3n) is 2.16. The van der Waals surface area contributed by atoms with Crippen LogP contribution < -0.4 is 10.6 Å². The summed E-state index contributed by atoms with van der Waals surface area (Å²) < 4.78 is 0. The van der Waals surface area contributed by atoms with Crippen molar-refractivity contribution in [1.29, 1.82) is 0 Å². The van der Waals surface area contributed by atoms with E-state index < -0.39 is 4.92 Å². The van der Waals surface area contributed by atoms with Crippen molar-refractivity contribution in [3.8, 4) is 0 Å². The Morgan fingerprint density at radius 3 is 2.59 bits per heavy atom. The molecule has 0 heterocycles. The van der Waals surface area contributed by atoms with Crippen molar-refractivity contribution in [3.63, 3.8) is 0 Å². The molecule has 0 fully saturated rings. The molecule has 0 aliphatic heterocycles. The number of nitrogens with one attached hydrogen (secondary N) is 2. The van der Waals surface area contributed by atoms with E-state index in [1.54, 1.807) is 0 Å². The summed E-state index contributed by atoms with van der Waals surface area (Å²) in [5.74, 6) is -0.235. The second-order valence-corrected chi connectivity index (χ2v) is 3.38. The minimum atomic E-state index is -0.473. The fourth-order valence-corrected chi connectivity index (χ4v) is 1.43. The Balaban J connectivity index is 3.09. The van der Waals surface area contributed by atoms with Gasteiger partial charge in [-0.1, -0.05) is 0 Å². The van der Waals surface area contributed by atoms with E-state index in [9.17, 15) is 14.9 Å². The highest BCUT2D eigenvalue weighted by Crippen LogP contribution is 2.25. The Labute approximate surface area is 99.2 Å². The van der Waals surface area contributed by atoms with Gasteiger partial charge in [-0.25, -0.2) is 0 Å². The van der Waals surface area contributed by atoms with Gasteiger partial charge in [-0.05, 0) is 26.0 Å². The summed E-state index contributed by atoms with van der Waals surface area (Å²) in [5, 5.41) is 16.3. The van der Waals surface area contributed by atoms with Gasteiger partial charge in [0.1, 0.15) is 5.69 Å². The van der Waals surface area contributed by atoms with Crippen LogP contribution in [0.4, 0.5) is 11.4 Å². The molecule has 0 unspecified atom stereocenters. The largest absolute Gasteiger partial charge is 0.380 e. The van der Waals surface area contributed by atoms with E-state index in [1.165, 1.54) is 18.2 Å². The van der Waals surface area contributed by atoms with Crippen molar-refractivity contribution in [2.45, 2.75) is 13.8 Å². The molecular formula is C11H15N3O3. The van der Waals surface area contributed by atoms with Crippen LogP contribution in [0, 0.1) is 10.1 Å². The molecule has 0 radical (unpaired) electrons. The fraction of sp³-hybridized carbons (Fsp3) is 0.364. The summed E-state index contributed by atoms with van der Waals surface area (Å²) >= 11 is 0. The molecule has 0 saturated heterocycles. The number of nitrogens with zero attached hydrogens (tertiary/aromatic N) is 1. The number of amides is 1. The number of carbonyl (C=O) groups excluding carboxylic acids is 1. The molecule has 17 heavy (non-hydrogen) atoms. The monoisotopic (exact) mass is 237 g/mol. The third-order valence-corrected chi connectivity index (χ3v) is 2.16. The molecular weight excluding hydrogens is 222 g/mol. The minimum Gasteiger partial charge on any atom is -0.380 e. The summed E-state index contributed by atoms with van der Waals surface area (Å²) in [6.45, 7) is 4.73. The molecule has 0 saturated carbocycles. The number of hydrogen-bond donors (Lipinski definition) is 2. The predicted molar refractivity (Wildman–Crippen MR) is 65.3 cm³/mol. The fourth-order valence-electron chi connectivity index (χ4n) is 1.43. The Morgan fingerprint density at radius 1 is 1.35 bits per heavy atom. The lowest BCUT2D eigenvalue weighted by Gasteiger charge is -2.07. The molecule has 0 aromatic heterocycles. The Kier molecular flexibility index (Phi) is 4.45. The van der Waals surface area contributed by atoms with Crippen molar-refractivity contribution in [1.82, 2.24) is 5.32 Å². The van der Waals surface area contributed by atoms with Crippen LogP contribution in [0.5, 0.6) is 0 Å². The summed E-state index contributed by atoms with van der Waals surface area (Å²) in [4.78, 5) is 21.9. The first-order chi connectivity index (χ1) is 8.10. The molecule has 0 aliphatic rings. The molecule has 1 rings (SSSR count). The Morgan fingerprint density at radius 2 is 2.06 bits per heavy atom. The van der Waals surface area contributed by atoms with Crippen molar-refractivity contribution < 1.29 is 9.72 Å². The molecule has 1 aromatic carbocycles. The average Bonchev–Trinajstić information content (AvgIpc) is 2.29. The summed E-state index contributed by atoms with van der Waals surface area (Å²) in [7, 11) is 0. The van der Waals surface area contributed by atoms with Gasteiger partial charge < -0.3 is 10.6 Å². The van der Waals surface area contributed by atoms with Crippen LogP contribution in [-0.2, 0) is 0 Å². The van der Waals surface area contributed by atoms with Gasteiger partial charge in [0.15, 0.2) is 0 Å². The number of benzene rings is 1. The molecule has 1 aromatic rings. The zero-order chi connectivity index (χ0) is 12.8. The van der Waals surface area contributed by atoms with Crippen LogP contribution in [0.2, 0.25) is 0 Å². The molecule has 0 spiro atoms. The lowest BCUT2D eigenvalue weighted by Crippen LogP contribution is -2.22. The van der Waals surface area contributed by atoms with Crippen molar-refractivity contribution in [2.24, 2.45) is 0 Å². The minimum absolute atomic E-state index is 0.0279. The molecule has 0 aliphatic carbocycles. The van der Waals surface area contributed by atoms with Crippen LogP contribution in [0.15, 0.2) is 18.2 Å². The van der Waals surface area contributed by atoms with Crippen LogP contribution in [0.1, 0.15) is 24.2 Å². The number of nitro benzene ring substituents is 1. The molecule has 1 amide bonds. The quantitative estimate of drug-likeness (QED) is 0.603. The zero-order valence-electron chi connectivity index (χ0n) is 9.82. The number of nitro groups is 1. The Hall–Kier alpha value is -2.11. The molecule has 0 bridgehead atoms. The zero-order valence-corrected chi connectivity index (χ0v) is 9.82. The predicted octanol–water partition coefficient (Wildman–Crippen LogP) is 1.78. The number of carbonyl (C=O) groups is 1. The number of hydrogen-bond acceptors (Lipinski definition) is 4. The van der Waals surface area contributed by atoms with Crippen molar-refractivity contribution >= 4 is 17.3 Å². The maximum Gasteiger partial charge on any atom is 0.292 e. The summed E-state index contributed by atoms with van der Waals surface area (Å²) in [5.41, 5.74) is 0.745. The highest BCUT2D eigenvalue weighted by molar-refractivity contribution is 5.95.